The van der Waals surface area contributed by atoms with E-state index in [1.165, 1.54) is 0 Å². The lowest BCUT2D eigenvalue weighted by Crippen LogP contribution is -2.33. The van der Waals surface area contributed by atoms with Crippen molar-refractivity contribution < 1.29 is 14.1 Å². The largest absolute Gasteiger partial charge is 0.422 e. The highest BCUT2D eigenvalue weighted by molar-refractivity contribution is 5.47. The van der Waals surface area contributed by atoms with Gasteiger partial charge in [0.25, 0.3) is 0 Å². The first-order valence-electron chi connectivity index (χ1n) is 6.61. The average molecular weight is 273 g/mol. The molecule has 0 saturated carbocycles. The smallest absolute Gasteiger partial charge is 0.359 e. The molecule has 2 aromatic rings. The Morgan fingerprint density at radius 3 is 3.00 bits per heavy atom. The van der Waals surface area contributed by atoms with Crippen LogP contribution in [0, 0.1) is 0 Å². The molecule has 2 heterocycles. The van der Waals surface area contributed by atoms with Gasteiger partial charge in [0, 0.05) is 13.1 Å². The second-order valence-corrected chi connectivity index (χ2v) is 4.77. The van der Waals surface area contributed by atoms with Gasteiger partial charge in [-0.3, -0.25) is 4.79 Å². The molecule has 3 rings (SSSR count). The lowest BCUT2D eigenvalue weighted by atomic mass is 9.98. The van der Waals surface area contributed by atoms with Gasteiger partial charge in [-0.15, -0.1) is 0 Å². The monoisotopic (exact) mass is 273 g/mol. The van der Waals surface area contributed by atoms with Crippen LogP contribution in [-0.2, 0) is 4.79 Å². The Balaban J connectivity index is 1.69. The number of hydrogen-bond donors (Lipinski definition) is 0. The molecule has 20 heavy (non-hydrogen) atoms. The Morgan fingerprint density at radius 1 is 1.35 bits per heavy atom. The summed E-state index contributed by atoms with van der Waals surface area (Å²) < 4.78 is 10.7. The molecule has 0 spiro atoms. The van der Waals surface area contributed by atoms with E-state index in [1.54, 1.807) is 4.90 Å². The van der Waals surface area contributed by atoms with E-state index in [4.69, 9.17) is 9.26 Å². The zero-order chi connectivity index (χ0) is 13.8. The minimum Gasteiger partial charge on any atom is -0.422 e. The van der Waals surface area contributed by atoms with Crippen molar-refractivity contribution >= 4 is 6.41 Å². The predicted octanol–water partition coefficient (Wildman–Crippen LogP) is 2.20. The quantitative estimate of drug-likeness (QED) is 0.799. The van der Waals surface area contributed by atoms with E-state index in [0.29, 0.717) is 18.2 Å². The molecule has 1 fully saturated rings. The van der Waals surface area contributed by atoms with Crippen LogP contribution in [0.4, 0.5) is 0 Å². The summed E-state index contributed by atoms with van der Waals surface area (Å²) in [6, 6.07) is 9.51. The second kappa shape index (κ2) is 5.73. The molecular weight excluding hydrogens is 258 g/mol. The summed E-state index contributed by atoms with van der Waals surface area (Å²) in [5.41, 5.74) is 0. The van der Waals surface area contributed by atoms with Gasteiger partial charge in [-0.25, -0.2) is 0 Å². The van der Waals surface area contributed by atoms with Crippen LogP contribution >= 0.6 is 0 Å². The van der Waals surface area contributed by atoms with Crippen LogP contribution < -0.4 is 4.74 Å². The molecule has 1 atom stereocenters. The van der Waals surface area contributed by atoms with Gasteiger partial charge in [0.1, 0.15) is 5.75 Å². The summed E-state index contributed by atoms with van der Waals surface area (Å²) >= 11 is 0. The Morgan fingerprint density at radius 2 is 2.20 bits per heavy atom. The van der Waals surface area contributed by atoms with Crippen LogP contribution in [0.1, 0.15) is 24.7 Å². The minimum atomic E-state index is 0.0922. The molecule has 0 aliphatic carbocycles. The molecule has 1 saturated heterocycles. The number of nitrogens with zero attached hydrogens (tertiary/aromatic N) is 3. The van der Waals surface area contributed by atoms with Crippen molar-refractivity contribution in [3.05, 3.63) is 36.2 Å². The van der Waals surface area contributed by atoms with Crippen molar-refractivity contribution in [2.45, 2.75) is 18.8 Å². The van der Waals surface area contributed by atoms with Crippen LogP contribution in [0.3, 0.4) is 0 Å². The third-order valence-electron chi connectivity index (χ3n) is 3.33. The molecule has 1 amide bonds. The molecule has 6 nitrogen and oxygen atoms in total. The van der Waals surface area contributed by atoms with E-state index < -0.39 is 0 Å². The van der Waals surface area contributed by atoms with Crippen molar-refractivity contribution in [3.8, 4) is 11.8 Å². The molecule has 6 heteroatoms. The van der Waals surface area contributed by atoms with E-state index in [9.17, 15) is 4.79 Å². The highest BCUT2D eigenvalue weighted by Crippen LogP contribution is 2.27. The third kappa shape index (κ3) is 2.79. The van der Waals surface area contributed by atoms with Crippen molar-refractivity contribution in [3.63, 3.8) is 0 Å². The third-order valence-corrected chi connectivity index (χ3v) is 3.33. The van der Waals surface area contributed by atoms with Gasteiger partial charge in [0.05, 0.1) is 5.92 Å². The number of ether oxygens (including phenoxy) is 1. The molecule has 0 radical (unpaired) electrons. The van der Waals surface area contributed by atoms with Crippen molar-refractivity contribution in [2.24, 2.45) is 0 Å². The normalized spacial score (nSPS) is 18.8. The lowest BCUT2D eigenvalue weighted by molar-refractivity contribution is -0.119. The van der Waals surface area contributed by atoms with E-state index in [1.807, 2.05) is 30.3 Å². The fraction of sp³-hybridized carbons (Fsp3) is 0.357. The SMILES string of the molecule is O=CN1CCC[C@H](c2nc(Oc3ccccc3)no2)C1. The summed E-state index contributed by atoms with van der Waals surface area (Å²) in [5, 5.41) is 3.82. The van der Waals surface area contributed by atoms with Gasteiger partial charge in [-0.05, 0) is 30.1 Å². The topological polar surface area (TPSA) is 68.5 Å². The predicted molar refractivity (Wildman–Crippen MR) is 70.4 cm³/mol. The number of benzene rings is 1. The fourth-order valence-electron chi connectivity index (χ4n) is 2.33. The number of piperidine rings is 1. The maximum atomic E-state index is 10.8. The van der Waals surface area contributed by atoms with Gasteiger partial charge in [0.15, 0.2) is 0 Å². The Hall–Kier alpha value is -2.37. The van der Waals surface area contributed by atoms with Crippen molar-refractivity contribution in [2.75, 3.05) is 13.1 Å². The number of carbonyl (C=O) groups excluding carboxylic acids is 1. The molecular formula is C14H15N3O3. The molecule has 0 bridgehead atoms. The number of hydrogen-bond acceptors (Lipinski definition) is 5. The molecule has 1 aromatic carbocycles. The number of likely N-dealkylation sites (tertiary alicyclic amines) is 1. The lowest BCUT2D eigenvalue weighted by Gasteiger charge is -2.27. The van der Waals surface area contributed by atoms with Crippen LogP contribution in [-0.4, -0.2) is 34.5 Å². The first-order chi connectivity index (χ1) is 9.85. The number of aromatic nitrogens is 2. The minimum absolute atomic E-state index is 0.0922. The fourth-order valence-corrected chi connectivity index (χ4v) is 2.33. The highest BCUT2D eigenvalue weighted by atomic mass is 16.6. The van der Waals surface area contributed by atoms with Gasteiger partial charge in [-0.2, -0.15) is 4.98 Å². The first-order valence-corrected chi connectivity index (χ1v) is 6.61. The Kier molecular flexibility index (Phi) is 3.62. The zero-order valence-corrected chi connectivity index (χ0v) is 10.9. The van der Waals surface area contributed by atoms with Gasteiger partial charge in [-0.1, -0.05) is 18.2 Å². The molecule has 0 N–H and O–H groups in total. The summed E-state index contributed by atoms with van der Waals surface area (Å²) in [5.74, 6) is 1.29. The summed E-state index contributed by atoms with van der Waals surface area (Å²) in [6.07, 6.45) is 2.75. The van der Waals surface area contributed by atoms with Gasteiger partial charge >= 0.3 is 6.01 Å². The molecule has 0 unspecified atom stereocenters. The number of para-hydroxylation sites is 1. The van der Waals surface area contributed by atoms with Gasteiger partial charge in [0.2, 0.25) is 12.3 Å². The number of carbonyl (C=O) groups is 1. The van der Waals surface area contributed by atoms with Crippen LogP contribution in [0.25, 0.3) is 0 Å². The molecule has 104 valence electrons. The van der Waals surface area contributed by atoms with E-state index >= 15 is 0 Å². The van der Waals surface area contributed by atoms with E-state index in [-0.39, 0.29) is 11.9 Å². The Bertz CT molecular complexity index is 570. The zero-order valence-electron chi connectivity index (χ0n) is 10.9. The molecule has 1 aromatic heterocycles. The molecule has 1 aliphatic rings. The molecule has 1 aliphatic heterocycles. The summed E-state index contributed by atoms with van der Waals surface area (Å²) in [4.78, 5) is 16.8. The second-order valence-electron chi connectivity index (χ2n) is 4.77. The highest BCUT2D eigenvalue weighted by Gasteiger charge is 2.25. The summed E-state index contributed by atoms with van der Waals surface area (Å²) in [6.45, 7) is 1.41. The van der Waals surface area contributed by atoms with E-state index in [0.717, 1.165) is 25.8 Å². The average Bonchev–Trinajstić information content (AvgIpc) is 2.97. The first kappa shape index (κ1) is 12.7. The number of rotatable bonds is 4. The van der Waals surface area contributed by atoms with Crippen molar-refractivity contribution in [1.82, 2.24) is 15.0 Å². The van der Waals surface area contributed by atoms with Crippen LogP contribution in [0.5, 0.6) is 11.8 Å². The van der Waals surface area contributed by atoms with Gasteiger partial charge < -0.3 is 14.2 Å². The Labute approximate surface area is 116 Å². The van der Waals surface area contributed by atoms with Crippen LogP contribution in [0.15, 0.2) is 34.9 Å². The summed E-state index contributed by atoms with van der Waals surface area (Å²) in [7, 11) is 0. The standard InChI is InChI=1S/C14H15N3O3/c18-10-17-8-4-5-11(9-17)13-15-14(16-20-13)19-12-6-2-1-3-7-12/h1-3,6-7,10-11H,4-5,8-9H2/t11-/m0/s1. The number of amides is 1. The maximum absolute atomic E-state index is 10.8. The van der Waals surface area contributed by atoms with E-state index in [2.05, 4.69) is 10.1 Å². The van der Waals surface area contributed by atoms with Crippen LogP contribution in [0.2, 0.25) is 0 Å². The van der Waals surface area contributed by atoms with Crippen molar-refractivity contribution in [1.29, 1.82) is 0 Å². The maximum Gasteiger partial charge on any atom is 0.359 e.